The number of hydrogen-bond donors (Lipinski definition) is 2. The number of amides is 3. The van der Waals surface area contributed by atoms with E-state index in [4.69, 9.17) is 46.2 Å². The number of fused-ring (bicyclic) bond motifs is 3. The van der Waals surface area contributed by atoms with Crippen LogP contribution in [0.5, 0.6) is 11.5 Å². The molecular weight excluding hydrogens is 1360 g/mol. The van der Waals surface area contributed by atoms with Gasteiger partial charge in [-0.3, -0.25) is 4.79 Å². The van der Waals surface area contributed by atoms with Crippen molar-refractivity contribution in [2.75, 3.05) is 44.4 Å². The molecule has 0 saturated heterocycles. The number of aryl methyl sites for hydroxylation is 2. The number of benzene rings is 4. The van der Waals surface area contributed by atoms with Crippen LogP contribution in [-0.2, 0) is 43.4 Å². The molecule has 4 aromatic carbocycles. The number of aromatic nitrogens is 1. The Hall–Kier alpha value is -5.86. The van der Waals surface area contributed by atoms with Crippen LogP contribution >= 0.6 is 11.6 Å². The molecule has 0 spiro atoms. The Bertz CT molecular complexity index is 3070. The number of nitrogens with zero attached hydrogens (tertiary/aromatic N) is 3. The quantitative estimate of drug-likeness (QED) is 0.0113. The molecule has 0 fully saturated rings. The topological polar surface area (TPSA) is 171 Å². The average molecular weight is 1470 g/mol. The number of carbonyl (C=O) groups is 5. The third-order valence-electron chi connectivity index (χ3n) is 15.9. The number of halogens is 5. The predicted octanol–water partition coefficient (Wildman–Crippen LogP) is 16.1. The van der Waals surface area contributed by atoms with Gasteiger partial charge in [-0.2, -0.15) is 0 Å². The molecule has 96 heavy (non-hydrogen) atoms. The van der Waals surface area contributed by atoms with Gasteiger partial charge in [-0.25, -0.2) is 18.0 Å². The van der Waals surface area contributed by atoms with Gasteiger partial charge in [0.25, 0.3) is 0 Å². The van der Waals surface area contributed by atoms with Crippen LogP contribution in [0.1, 0.15) is 221 Å². The summed E-state index contributed by atoms with van der Waals surface area (Å²) in [4.78, 5) is 55.9. The Morgan fingerprint density at radius 1 is 0.823 bits per heavy atom. The van der Waals surface area contributed by atoms with Crippen LogP contribution in [0.2, 0.25) is 5.02 Å². The van der Waals surface area contributed by atoms with Gasteiger partial charge in [-0.15, -0.1) is 0 Å². The van der Waals surface area contributed by atoms with Gasteiger partial charge in [0.05, 0.1) is 17.1 Å². The first-order valence-corrected chi connectivity index (χ1v) is 37.6. The number of carbonyl (C=O) groups excluding carboxylic acids is 4. The van der Waals surface area contributed by atoms with Crippen molar-refractivity contribution in [3.63, 3.8) is 0 Å². The first-order chi connectivity index (χ1) is 45.8. The molecule has 3 N–H and O–H groups in total. The zero-order valence-electron chi connectivity index (χ0n) is 61.7. The first-order valence-electron chi connectivity index (χ1n) is 34.4. The minimum atomic E-state index is -2.38. The summed E-state index contributed by atoms with van der Waals surface area (Å²) in [7, 11) is 1.71. The zero-order valence-corrected chi connectivity index (χ0v) is 64.6. The second-order valence-electron chi connectivity index (χ2n) is 23.4. The Kier molecular flexibility index (Phi) is 52.0. The van der Waals surface area contributed by atoms with Crippen LogP contribution in [0.15, 0.2) is 84.0 Å². The molecule has 1 aliphatic rings. The second kappa shape index (κ2) is 54.1. The Morgan fingerprint density at radius 2 is 1.41 bits per heavy atom. The number of allylic oxidation sites excluding steroid dienone is 4. The number of nitrogens with two attached hydrogens (primary N) is 1. The van der Waals surface area contributed by atoms with Crippen LogP contribution < -0.4 is 36.2 Å². The molecular formula is C77H119BClF3IN4O9-. The summed E-state index contributed by atoms with van der Waals surface area (Å²) < 4.78 is 57.3. The number of alkyl halides is 3. The summed E-state index contributed by atoms with van der Waals surface area (Å²) >= 11 is 6.85. The van der Waals surface area contributed by atoms with E-state index in [9.17, 15) is 27.6 Å². The van der Waals surface area contributed by atoms with E-state index in [-0.39, 0.29) is 57.7 Å². The predicted molar refractivity (Wildman–Crippen MR) is 392 cm³/mol. The number of ether oxygens (including phenoxy) is 3. The number of methoxy groups -OCH3 is 1. The number of aliphatic carboxylic acids is 1. The summed E-state index contributed by atoms with van der Waals surface area (Å²) in [6.45, 7) is 41.5. The fourth-order valence-corrected chi connectivity index (χ4v) is 11.7. The van der Waals surface area contributed by atoms with E-state index in [2.05, 4.69) is 125 Å². The molecule has 0 bridgehead atoms. The van der Waals surface area contributed by atoms with Crippen molar-refractivity contribution in [2.45, 2.75) is 233 Å². The Labute approximate surface area is 592 Å². The molecule has 1 aromatic heterocycles. The molecule has 3 amide bonds. The molecule has 2 heterocycles. The molecule has 0 aliphatic carbocycles. The summed E-state index contributed by atoms with van der Waals surface area (Å²) in [6.07, 6.45) is 12.4. The number of rotatable bonds is 30. The van der Waals surface area contributed by atoms with E-state index in [0.717, 1.165) is 121 Å². The van der Waals surface area contributed by atoms with Gasteiger partial charge in [0.2, 0.25) is 12.6 Å². The van der Waals surface area contributed by atoms with Crippen molar-refractivity contribution < 1.29 is 77.4 Å². The SMILES string of the molecule is C/C=C(C)\C(=C(\C)C(C)C)c1c(Cl)ccc2c(CCCOc3cccc4cc(F)ccc34)c(C)n(CCC(C)CC)c12.CC.CC(F)C(F)C(=O)O.CC=O.CCCCCC.CCCOC.NC=O.[B][I-]CCC(C)N1Cc2c(OCC(=O)N(CCC)CCC)cccc2C1=O. The number of primary amides is 1. The maximum absolute atomic E-state index is 13.7. The van der Waals surface area contributed by atoms with Crippen molar-refractivity contribution in [3.05, 3.63) is 123 Å². The molecule has 5 aromatic rings. The van der Waals surface area contributed by atoms with E-state index in [1.165, 1.54) is 84.0 Å². The summed E-state index contributed by atoms with van der Waals surface area (Å²) in [5, 5.41) is 11.6. The van der Waals surface area contributed by atoms with E-state index in [0.29, 0.717) is 36.3 Å². The van der Waals surface area contributed by atoms with Crippen LogP contribution in [-0.4, -0.2) is 118 Å². The van der Waals surface area contributed by atoms with Gasteiger partial charge in [0.15, 0.2) is 0 Å². The van der Waals surface area contributed by atoms with E-state index >= 15 is 0 Å². The minimum absolute atomic E-state index is 0.00211. The fraction of sp³-hybridized carbons (Fsp3) is 0.571. The standard InChI is InChI=1S/C38H47ClFNO.C20H29BIN2O3.C6H14.C4H6F2O2.C4H10O.C2H4O.C2H6.CH3NO/c1-9-25(5)20-21-41-28(8)31(14-12-22-42-35-15-11-13-29-23-30(40)16-17-32(29)35)33-18-19-34(39)37(38(33)41)36(26(6)10-2)27(7)24(3)4;1-4-11-23(12-5-2)19(25)14-27-18-8-6-7-16-17(18)13-24(20(16)26)15(3)9-10-22-21;1-3-5-6-4-2;1-2(5)3(6)4(7)8;1-3-4-5-2;1-2-3;1-2;2-1-3/h10-11,13,15-19,23-25H,9,12,14,20-22H2,1-8H3;6-8,15H,4-5,9-14H2,1-3H3;3-6H2,1-2H3;2-3H,1H3,(H,7,8);3-4H2,1-2H3;2H,1H3;1-2H3;1H,(H2,2,3)/q;-1;;;;;;/b26-10-,36-27+;;;;;;;. The molecule has 540 valence electrons. The molecule has 13 nitrogen and oxygen atoms in total. The number of aldehydes is 1. The molecule has 4 unspecified atom stereocenters. The van der Waals surface area contributed by atoms with E-state index in [1.807, 2.05) is 60.0 Å². The van der Waals surface area contributed by atoms with Gasteiger partial charge < -0.3 is 29.7 Å². The maximum atomic E-state index is 13.7. The third-order valence-corrected chi connectivity index (χ3v) is 17.5. The number of hydrogen-bond acceptors (Lipinski definition) is 8. The number of carboxylic acid groups (broad SMARTS) is 1. The Morgan fingerprint density at radius 3 is 1.90 bits per heavy atom. The van der Waals surface area contributed by atoms with E-state index in [1.54, 1.807) is 19.2 Å². The van der Waals surface area contributed by atoms with Crippen molar-refractivity contribution in [2.24, 2.45) is 17.6 Å². The van der Waals surface area contributed by atoms with Crippen molar-refractivity contribution in [1.29, 1.82) is 0 Å². The molecule has 19 heteroatoms. The average Bonchev–Trinajstić information content (AvgIpc) is 1.57. The van der Waals surface area contributed by atoms with Crippen LogP contribution in [0.3, 0.4) is 0 Å². The van der Waals surface area contributed by atoms with Gasteiger partial charge in [0, 0.05) is 42.3 Å². The second-order valence-corrected chi connectivity index (χ2v) is 25.8. The van der Waals surface area contributed by atoms with Crippen molar-refractivity contribution in [3.8, 4) is 11.5 Å². The van der Waals surface area contributed by atoms with Gasteiger partial charge >= 0.3 is 154 Å². The summed E-state index contributed by atoms with van der Waals surface area (Å²) in [5.41, 5.74) is 20.4. The molecule has 6 rings (SSSR count). The van der Waals surface area contributed by atoms with Crippen LogP contribution in [0.25, 0.3) is 27.2 Å². The molecule has 0 saturated carbocycles. The van der Waals surface area contributed by atoms with Gasteiger partial charge in [-0.1, -0.05) is 150 Å². The number of unbranched alkanes of at least 4 members (excludes halogenated alkanes) is 3. The van der Waals surface area contributed by atoms with Gasteiger partial charge in [-0.05, 0) is 144 Å². The fourth-order valence-electron chi connectivity index (χ4n) is 10.1. The third kappa shape index (κ3) is 32.2. The van der Waals surface area contributed by atoms with Gasteiger partial charge in [0.1, 0.15) is 24.0 Å². The van der Waals surface area contributed by atoms with Crippen molar-refractivity contribution in [1.82, 2.24) is 14.4 Å². The first kappa shape index (κ1) is 92.2. The normalized spacial score (nSPS) is 12.8. The molecule has 2 radical (unpaired) electrons. The number of carboxylic acids is 1. The summed E-state index contributed by atoms with van der Waals surface area (Å²) in [5.74, 6) is 0.567. The van der Waals surface area contributed by atoms with Crippen LogP contribution in [0, 0.1) is 24.6 Å². The van der Waals surface area contributed by atoms with E-state index < -0.39 is 18.3 Å². The van der Waals surface area contributed by atoms with Crippen LogP contribution in [0.4, 0.5) is 13.2 Å². The molecule has 1 aliphatic heterocycles. The molecule has 4 atom stereocenters. The Balaban J connectivity index is 0. The monoisotopic (exact) mass is 1470 g/mol. The zero-order chi connectivity index (χ0) is 73.5. The summed E-state index contributed by atoms with van der Waals surface area (Å²) in [6, 6.07) is 20.7. The van der Waals surface area contributed by atoms with Crippen molar-refractivity contribution >= 4 is 75.0 Å².